The first kappa shape index (κ1) is 34.9. The van der Waals surface area contributed by atoms with E-state index in [0.717, 1.165) is 48.6 Å². The van der Waals surface area contributed by atoms with Gasteiger partial charge in [-0.15, -0.1) is 0 Å². The predicted octanol–water partition coefficient (Wildman–Crippen LogP) is 4.69. The first-order valence-corrected chi connectivity index (χ1v) is 17.6. The Bertz CT molecular complexity index is 2100. The van der Waals surface area contributed by atoms with Crippen LogP contribution in [-0.2, 0) is 20.1 Å². The summed E-state index contributed by atoms with van der Waals surface area (Å²) in [6, 6.07) is 18.9. The minimum atomic E-state index is -0.396. The number of piperidine rings is 1. The second-order valence-electron chi connectivity index (χ2n) is 13.6. The maximum Gasteiger partial charge on any atom is 0.317 e. The maximum absolute atomic E-state index is 16.0. The fourth-order valence-electron chi connectivity index (χ4n) is 7.22. The fraction of sp³-hybridized carbons (Fsp3) is 0.359. The van der Waals surface area contributed by atoms with Crippen LogP contribution in [0.15, 0.2) is 77.9 Å². The van der Waals surface area contributed by atoms with Crippen LogP contribution in [0.5, 0.6) is 11.5 Å². The van der Waals surface area contributed by atoms with Gasteiger partial charge in [0.1, 0.15) is 22.8 Å². The molecule has 2 aliphatic heterocycles. The minimum Gasteiger partial charge on any atom is -0.497 e. The molecule has 12 nitrogen and oxygen atoms in total. The molecule has 2 fully saturated rings. The largest absolute Gasteiger partial charge is 0.497 e. The Morgan fingerprint density at radius 2 is 1.65 bits per heavy atom. The van der Waals surface area contributed by atoms with E-state index in [9.17, 15) is 9.59 Å². The average Bonchev–Trinajstić information content (AvgIpc) is 3.58. The Morgan fingerprint density at radius 1 is 0.942 bits per heavy atom. The number of hydrogen-bond acceptors (Lipinski definition) is 8. The number of methoxy groups -OCH3 is 2. The number of ether oxygens (including phenoxy) is 2. The number of pyridine rings is 1. The van der Waals surface area contributed by atoms with Gasteiger partial charge in [0, 0.05) is 93.0 Å². The van der Waals surface area contributed by atoms with Crippen molar-refractivity contribution < 1.29 is 18.7 Å². The molecule has 0 aliphatic carbocycles. The van der Waals surface area contributed by atoms with Crippen molar-refractivity contribution in [3.05, 3.63) is 100 Å². The van der Waals surface area contributed by atoms with Crippen LogP contribution in [-0.4, -0.2) is 89.7 Å². The Kier molecular flexibility index (Phi) is 10.0. The summed E-state index contributed by atoms with van der Waals surface area (Å²) >= 11 is 0. The number of carbonyl (C=O) groups is 1. The highest BCUT2D eigenvalue weighted by atomic mass is 19.1. The number of nitrogens with zero attached hydrogens (tertiary/aromatic N) is 6. The number of nitrogens with one attached hydrogen (secondary N) is 1. The number of piperazine rings is 1. The van der Waals surface area contributed by atoms with Gasteiger partial charge in [-0.1, -0.05) is 12.1 Å². The molecular weight excluding hydrogens is 663 g/mol. The molecule has 2 amide bonds. The lowest BCUT2D eigenvalue weighted by Crippen LogP contribution is -2.54. The lowest BCUT2D eigenvalue weighted by atomic mass is 10.0. The van der Waals surface area contributed by atoms with Gasteiger partial charge in [0.25, 0.3) is 5.56 Å². The molecule has 0 bridgehead atoms. The number of nitrogen functional groups attached to an aromatic ring is 1. The van der Waals surface area contributed by atoms with Gasteiger partial charge < -0.3 is 34.9 Å². The van der Waals surface area contributed by atoms with Crippen LogP contribution in [0.3, 0.4) is 0 Å². The van der Waals surface area contributed by atoms with E-state index in [-0.39, 0.29) is 17.6 Å². The number of benzene rings is 3. The molecule has 0 atom stereocenters. The van der Waals surface area contributed by atoms with Gasteiger partial charge in [-0.25, -0.2) is 9.18 Å². The number of urea groups is 1. The summed E-state index contributed by atoms with van der Waals surface area (Å²) in [5, 5.41) is 8.41. The number of amides is 2. The highest BCUT2D eigenvalue weighted by Crippen LogP contribution is 2.34. The summed E-state index contributed by atoms with van der Waals surface area (Å²) in [6.45, 7) is 4.81. The standard InChI is InChI=1S/C39H45FN8O4/c1-44-24-33(32-22-42-48(37(32)38(44)49)23-26-4-10-31(51-2)11-5-26)27-20-35(40)34(36(21-27)52-3)25-45-16-18-47(19-17-45)39(50)43-29-12-14-46(15-13-29)30-8-6-28(41)7-9-30/h4-11,20-22,24,29H,12-19,23,25,41H2,1-3H3,(H,43,50). The third kappa shape index (κ3) is 7.26. The second kappa shape index (κ2) is 15.0. The number of rotatable bonds is 9. The van der Waals surface area contributed by atoms with Gasteiger partial charge in [-0.05, 0) is 72.5 Å². The molecular formula is C39H45FN8O4. The van der Waals surface area contributed by atoms with Crippen LogP contribution >= 0.6 is 0 Å². The van der Waals surface area contributed by atoms with E-state index < -0.39 is 5.82 Å². The topological polar surface area (TPSA) is 123 Å². The molecule has 0 spiro atoms. The number of fused-ring (bicyclic) bond motifs is 1. The number of carbonyl (C=O) groups excluding carboxylic acids is 1. The lowest BCUT2D eigenvalue weighted by Gasteiger charge is -2.38. The molecule has 2 aromatic heterocycles. The zero-order valence-electron chi connectivity index (χ0n) is 29.8. The molecule has 3 aromatic carbocycles. The lowest BCUT2D eigenvalue weighted by molar-refractivity contribution is 0.131. The van der Waals surface area contributed by atoms with Crippen LogP contribution in [0.25, 0.3) is 22.0 Å². The van der Waals surface area contributed by atoms with Crippen LogP contribution in [0, 0.1) is 5.82 Å². The number of aromatic nitrogens is 3. The molecule has 2 aliphatic rings. The minimum absolute atomic E-state index is 0.0467. The first-order valence-electron chi connectivity index (χ1n) is 17.6. The Morgan fingerprint density at radius 3 is 2.33 bits per heavy atom. The smallest absolute Gasteiger partial charge is 0.317 e. The highest BCUT2D eigenvalue weighted by molar-refractivity contribution is 5.94. The normalized spacial score (nSPS) is 15.6. The molecule has 5 aromatic rings. The summed E-state index contributed by atoms with van der Waals surface area (Å²) in [5.74, 6) is 0.774. The zero-order chi connectivity index (χ0) is 36.4. The van der Waals surface area contributed by atoms with E-state index in [1.165, 1.54) is 17.7 Å². The van der Waals surface area contributed by atoms with Gasteiger partial charge in [-0.3, -0.25) is 14.4 Å². The number of hydrogen-bond donors (Lipinski definition) is 2. The van der Waals surface area contributed by atoms with Crippen molar-refractivity contribution in [2.75, 3.05) is 64.1 Å². The van der Waals surface area contributed by atoms with Crippen molar-refractivity contribution in [1.29, 1.82) is 0 Å². The number of nitrogens with two attached hydrogens (primary N) is 1. The van der Waals surface area contributed by atoms with Gasteiger partial charge in [0.05, 0.1) is 27.0 Å². The number of halogens is 1. The van der Waals surface area contributed by atoms with Gasteiger partial charge in [-0.2, -0.15) is 5.10 Å². The van der Waals surface area contributed by atoms with Crippen LogP contribution in [0.1, 0.15) is 24.0 Å². The summed E-state index contributed by atoms with van der Waals surface area (Å²) < 4.78 is 30.2. The summed E-state index contributed by atoms with van der Waals surface area (Å²) in [7, 11) is 4.84. The maximum atomic E-state index is 16.0. The molecule has 7 rings (SSSR count). The molecule has 0 unspecified atom stereocenters. The molecule has 13 heteroatoms. The fourth-order valence-corrected chi connectivity index (χ4v) is 7.22. The highest BCUT2D eigenvalue weighted by Gasteiger charge is 2.27. The van der Waals surface area contributed by atoms with E-state index in [2.05, 4.69) is 20.2 Å². The molecule has 4 heterocycles. The van der Waals surface area contributed by atoms with Crippen molar-refractivity contribution in [3.63, 3.8) is 0 Å². The van der Waals surface area contributed by atoms with Crippen molar-refractivity contribution in [3.8, 4) is 22.6 Å². The van der Waals surface area contributed by atoms with Crippen molar-refractivity contribution in [2.24, 2.45) is 7.05 Å². The van der Waals surface area contributed by atoms with Crippen LogP contribution in [0.4, 0.5) is 20.6 Å². The number of anilines is 2. The van der Waals surface area contributed by atoms with Gasteiger partial charge in [0.2, 0.25) is 0 Å². The molecule has 52 heavy (non-hydrogen) atoms. The third-order valence-corrected chi connectivity index (χ3v) is 10.3. The second-order valence-corrected chi connectivity index (χ2v) is 13.6. The summed E-state index contributed by atoms with van der Waals surface area (Å²) in [5.41, 5.74) is 10.7. The molecule has 2 saturated heterocycles. The molecule has 272 valence electrons. The Labute approximate surface area is 302 Å². The van der Waals surface area contributed by atoms with E-state index in [4.69, 9.17) is 15.2 Å². The summed E-state index contributed by atoms with van der Waals surface area (Å²) in [6.07, 6.45) is 5.13. The zero-order valence-corrected chi connectivity index (χ0v) is 29.8. The molecule has 0 radical (unpaired) electrons. The first-order chi connectivity index (χ1) is 25.2. The third-order valence-electron chi connectivity index (χ3n) is 10.3. The van der Waals surface area contributed by atoms with Gasteiger partial charge >= 0.3 is 6.03 Å². The van der Waals surface area contributed by atoms with E-state index in [0.29, 0.717) is 72.6 Å². The van der Waals surface area contributed by atoms with E-state index >= 15 is 4.39 Å². The van der Waals surface area contributed by atoms with Crippen molar-refractivity contribution >= 4 is 28.3 Å². The van der Waals surface area contributed by atoms with Crippen molar-refractivity contribution in [1.82, 2.24) is 29.5 Å². The Hall–Kier alpha value is -5.56. The quantitative estimate of drug-likeness (QED) is 0.212. The number of aryl methyl sites for hydroxylation is 1. The SMILES string of the molecule is COc1ccc(Cn2ncc3c(-c4cc(F)c(CN5CCN(C(=O)NC6CCN(c7ccc(N)cc7)CC6)CC5)c(OC)c4)cn(C)c(=O)c32)cc1. The summed E-state index contributed by atoms with van der Waals surface area (Å²) in [4.78, 5) is 32.8. The van der Waals surface area contributed by atoms with Crippen LogP contribution < -0.4 is 31.0 Å². The molecule has 0 saturated carbocycles. The Balaban J connectivity index is 0.994. The average molecular weight is 709 g/mol. The molecule has 3 N–H and O–H groups in total. The predicted molar refractivity (Wildman–Crippen MR) is 200 cm³/mol. The monoisotopic (exact) mass is 708 g/mol. The van der Waals surface area contributed by atoms with Crippen molar-refractivity contribution in [2.45, 2.75) is 32.0 Å². The van der Waals surface area contributed by atoms with E-state index in [1.54, 1.807) is 31.2 Å². The van der Waals surface area contributed by atoms with Crippen LogP contribution in [0.2, 0.25) is 0 Å². The van der Waals surface area contributed by atoms with E-state index in [1.807, 2.05) is 59.5 Å². The van der Waals surface area contributed by atoms with Gasteiger partial charge in [0.15, 0.2) is 0 Å².